The number of hydrogen-bond donors (Lipinski definition) is 1. The Morgan fingerprint density at radius 1 is 1.54 bits per heavy atom. The third-order valence-electron chi connectivity index (χ3n) is 1.66. The molecule has 0 saturated heterocycles. The summed E-state index contributed by atoms with van der Waals surface area (Å²) in [7, 11) is 0. The van der Waals surface area contributed by atoms with Crippen LogP contribution in [-0.2, 0) is 0 Å². The fraction of sp³-hybridized carbons (Fsp3) is 0.300. The highest BCUT2D eigenvalue weighted by Crippen LogP contribution is 2.31. The lowest BCUT2D eigenvalue weighted by molar-refractivity contribution is 0.323. The molecule has 1 rings (SSSR count). The fourth-order valence-electron chi connectivity index (χ4n) is 1.09. The zero-order valence-electron chi connectivity index (χ0n) is 7.78. The molecule has 2 nitrogen and oxygen atoms in total. The largest absolute Gasteiger partial charge is 0.492 e. The minimum atomic E-state index is 0.610. The van der Waals surface area contributed by atoms with Crippen LogP contribution in [0, 0.1) is 6.61 Å². The van der Waals surface area contributed by atoms with Crippen molar-refractivity contribution in [2.24, 2.45) is 0 Å². The molecule has 1 N–H and O–H groups in total. The molecule has 1 radical (unpaired) electrons. The molecule has 0 aliphatic carbocycles. The molecule has 3 heteroatoms. The van der Waals surface area contributed by atoms with Gasteiger partial charge in [-0.2, -0.15) is 0 Å². The second-order valence-electron chi connectivity index (χ2n) is 2.44. The third kappa shape index (κ3) is 2.39. The number of hydrogen-bond acceptors (Lipinski definition) is 3. The van der Waals surface area contributed by atoms with Crippen LogP contribution >= 0.6 is 11.8 Å². The predicted octanol–water partition coefficient (Wildman–Crippen LogP) is 2.69. The highest BCUT2D eigenvalue weighted by molar-refractivity contribution is 7.98. The van der Waals surface area contributed by atoms with E-state index in [0.717, 1.165) is 22.8 Å². The molecule has 71 valence electrons. The summed E-state index contributed by atoms with van der Waals surface area (Å²) in [6.45, 7) is 3.61. The number of thioether (sulfide) groups is 1. The number of rotatable bonds is 4. The van der Waals surface area contributed by atoms with Crippen molar-refractivity contribution in [1.29, 1.82) is 0 Å². The Balaban J connectivity index is 3.05. The summed E-state index contributed by atoms with van der Waals surface area (Å²) in [6, 6.07) is 5.70. The lowest BCUT2D eigenvalue weighted by Crippen LogP contribution is -1.97. The first-order valence-corrected chi connectivity index (χ1v) is 5.33. The molecule has 0 aliphatic rings. The van der Waals surface area contributed by atoms with Gasteiger partial charge in [0, 0.05) is 10.5 Å². The molecule has 1 aromatic rings. The van der Waals surface area contributed by atoms with Gasteiger partial charge in [-0.15, -0.1) is 11.8 Å². The van der Waals surface area contributed by atoms with Crippen molar-refractivity contribution in [3.63, 3.8) is 0 Å². The van der Waals surface area contributed by atoms with Crippen LogP contribution in [0.3, 0.4) is 0 Å². The van der Waals surface area contributed by atoms with Crippen molar-refractivity contribution in [3.05, 3.63) is 30.4 Å². The van der Waals surface area contributed by atoms with Crippen molar-refractivity contribution in [3.8, 4) is 5.75 Å². The molecule has 13 heavy (non-hydrogen) atoms. The standard InChI is InChI=1S/C10H13O2S/c1-3-12-10-8(7-11)5-4-6-9(10)13-2/h4-7,11H,3H2,1-2H3. The molecule has 0 spiro atoms. The first-order chi connectivity index (χ1) is 6.33. The number of para-hydroxylation sites is 1. The van der Waals surface area contributed by atoms with E-state index in [9.17, 15) is 0 Å². The summed E-state index contributed by atoms with van der Waals surface area (Å²) < 4.78 is 5.44. The van der Waals surface area contributed by atoms with Gasteiger partial charge in [-0.05, 0) is 19.2 Å². The number of aliphatic hydroxyl groups excluding tert-OH is 1. The van der Waals surface area contributed by atoms with Gasteiger partial charge in [0.1, 0.15) is 12.4 Å². The smallest absolute Gasteiger partial charge is 0.138 e. The van der Waals surface area contributed by atoms with Crippen LogP contribution in [0.1, 0.15) is 12.5 Å². The Morgan fingerprint density at radius 3 is 2.85 bits per heavy atom. The molecule has 1 aromatic carbocycles. The Kier molecular flexibility index (Phi) is 4.12. The van der Waals surface area contributed by atoms with Crippen LogP contribution in [0.2, 0.25) is 0 Å². The average molecular weight is 197 g/mol. The van der Waals surface area contributed by atoms with Crippen LogP contribution in [0.25, 0.3) is 0 Å². The highest BCUT2D eigenvalue weighted by atomic mass is 32.2. The second-order valence-corrected chi connectivity index (χ2v) is 3.29. The first kappa shape index (κ1) is 10.4. The minimum absolute atomic E-state index is 0.610. The normalized spacial score (nSPS) is 10.1. The SMILES string of the molecule is CCOc1c([CH]O)cccc1SC. The Labute approximate surface area is 82.9 Å². The Bertz CT molecular complexity index is 251. The zero-order valence-corrected chi connectivity index (χ0v) is 8.60. The maximum Gasteiger partial charge on any atom is 0.138 e. The van der Waals surface area contributed by atoms with Gasteiger partial charge in [-0.3, -0.25) is 0 Å². The van der Waals surface area contributed by atoms with Crippen LogP contribution in [0.15, 0.2) is 23.1 Å². The van der Waals surface area contributed by atoms with Gasteiger partial charge in [-0.25, -0.2) is 0 Å². The van der Waals surface area contributed by atoms with E-state index >= 15 is 0 Å². The van der Waals surface area contributed by atoms with Gasteiger partial charge in [0.25, 0.3) is 0 Å². The van der Waals surface area contributed by atoms with Gasteiger partial charge in [0.15, 0.2) is 0 Å². The molecule has 0 fully saturated rings. The van der Waals surface area contributed by atoms with E-state index in [1.165, 1.54) is 0 Å². The molecule has 0 saturated carbocycles. The Hall–Kier alpha value is -0.670. The quantitative estimate of drug-likeness (QED) is 0.752. The lowest BCUT2D eigenvalue weighted by atomic mass is 10.2. The molecular weight excluding hydrogens is 184 g/mol. The molecule has 0 aromatic heterocycles. The van der Waals surface area contributed by atoms with Crippen LogP contribution in [-0.4, -0.2) is 18.0 Å². The maximum atomic E-state index is 8.95. The van der Waals surface area contributed by atoms with Gasteiger partial charge in [0.05, 0.1) is 6.61 Å². The van der Waals surface area contributed by atoms with E-state index in [-0.39, 0.29) is 0 Å². The fourth-order valence-corrected chi connectivity index (χ4v) is 1.67. The van der Waals surface area contributed by atoms with Crippen molar-refractivity contribution in [2.45, 2.75) is 11.8 Å². The van der Waals surface area contributed by atoms with Gasteiger partial charge in [-0.1, -0.05) is 12.1 Å². The summed E-state index contributed by atoms with van der Waals surface area (Å²) in [5, 5.41) is 8.95. The zero-order chi connectivity index (χ0) is 9.68. The Morgan fingerprint density at radius 2 is 2.31 bits per heavy atom. The molecule has 0 aliphatic heterocycles. The summed E-state index contributed by atoms with van der Waals surface area (Å²) in [5.74, 6) is 0.764. The van der Waals surface area contributed by atoms with E-state index in [1.807, 2.05) is 31.4 Å². The average Bonchev–Trinajstić information content (AvgIpc) is 2.18. The molecule has 0 amide bonds. The molecule has 0 atom stereocenters. The lowest BCUT2D eigenvalue weighted by Gasteiger charge is -2.11. The molecular formula is C10H13O2S. The first-order valence-electron chi connectivity index (χ1n) is 4.10. The second kappa shape index (κ2) is 5.14. The molecule has 0 heterocycles. The number of benzene rings is 1. The van der Waals surface area contributed by atoms with E-state index in [0.29, 0.717) is 6.61 Å². The summed E-state index contributed by atoms with van der Waals surface area (Å²) in [5.41, 5.74) is 0.730. The van der Waals surface area contributed by atoms with Crippen molar-refractivity contribution in [2.75, 3.05) is 12.9 Å². The van der Waals surface area contributed by atoms with Gasteiger partial charge >= 0.3 is 0 Å². The molecule has 0 unspecified atom stereocenters. The van der Waals surface area contributed by atoms with Crippen LogP contribution in [0.4, 0.5) is 0 Å². The maximum absolute atomic E-state index is 8.95. The van der Waals surface area contributed by atoms with E-state index < -0.39 is 0 Å². The number of aliphatic hydroxyl groups is 1. The van der Waals surface area contributed by atoms with Gasteiger partial charge < -0.3 is 9.84 Å². The monoisotopic (exact) mass is 197 g/mol. The topological polar surface area (TPSA) is 29.5 Å². The van der Waals surface area contributed by atoms with Crippen LogP contribution in [0.5, 0.6) is 5.75 Å². The van der Waals surface area contributed by atoms with Crippen molar-refractivity contribution < 1.29 is 9.84 Å². The highest BCUT2D eigenvalue weighted by Gasteiger charge is 2.07. The predicted molar refractivity (Wildman–Crippen MR) is 54.7 cm³/mol. The molecule has 0 bridgehead atoms. The van der Waals surface area contributed by atoms with E-state index in [1.54, 1.807) is 11.8 Å². The van der Waals surface area contributed by atoms with E-state index in [2.05, 4.69) is 0 Å². The summed E-state index contributed by atoms with van der Waals surface area (Å²) in [4.78, 5) is 1.05. The van der Waals surface area contributed by atoms with Crippen molar-refractivity contribution >= 4 is 11.8 Å². The third-order valence-corrected chi connectivity index (χ3v) is 2.42. The van der Waals surface area contributed by atoms with E-state index in [4.69, 9.17) is 9.84 Å². The summed E-state index contributed by atoms with van der Waals surface area (Å²) in [6.07, 6.45) is 1.99. The minimum Gasteiger partial charge on any atom is -0.492 e. The van der Waals surface area contributed by atoms with Gasteiger partial charge in [0.2, 0.25) is 0 Å². The number of ether oxygens (including phenoxy) is 1. The summed E-state index contributed by atoms with van der Waals surface area (Å²) >= 11 is 1.61. The van der Waals surface area contributed by atoms with Crippen molar-refractivity contribution in [1.82, 2.24) is 0 Å². The van der Waals surface area contributed by atoms with Crippen LogP contribution < -0.4 is 4.74 Å².